The third-order valence-corrected chi connectivity index (χ3v) is 3.09. The lowest BCUT2D eigenvalue weighted by Crippen LogP contribution is -2.26. The second-order valence-electron chi connectivity index (χ2n) is 3.80. The van der Waals surface area contributed by atoms with Gasteiger partial charge in [0.05, 0.1) is 28.0 Å². The fourth-order valence-electron chi connectivity index (χ4n) is 1.12. The van der Waals surface area contributed by atoms with E-state index < -0.39 is 22.7 Å². The number of pyridine rings is 1. The van der Waals surface area contributed by atoms with Crippen LogP contribution in [0.3, 0.4) is 0 Å². The summed E-state index contributed by atoms with van der Waals surface area (Å²) in [5.41, 5.74) is -0.437. The Hall–Kier alpha value is -0.950. The molecule has 1 aromatic rings. The predicted octanol–water partition coefficient (Wildman–Crippen LogP) is 2.26. The molecule has 1 aromatic heterocycles. The average molecular weight is 266 g/mol. The fourth-order valence-corrected chi connectivity index (χ4v) is 2.16. The summed E-state index contributed by atoms with van der Waals surface area (Å²) in [6, 6.07) is 2.22. The van der Waals surface area contributed by atoms with Crippen molar-refractivity contribution in [3.63, 3.8) is 0 Å². The van der Waals surface area contributed by atoms with Gasteiger partial charge in [-0.1, -0.05) is 0 Å². The van der Waals surface area contributed by atoms with Crippen LogP contribution in [0.25, 0.3) is 0 Å². The van der Waals surface area contributed by atoms with E-state index in [0.29, 0.717) is 5.69 Å². The molecule has 0 fully saturated rings. The van der Waals surface area contributed by atoms with Gasteiger partial charge in [-0.25, -0.2) is 8.93 Å². The molecule has 1 unspecified atom stereocenters. The minimum atomic E-state index is -4.39. The van der Waals surface area contributed by atoms with E-state index in [9.17, 15) is 17.4 Å². The van der Waals surface area contributed by atoms with Crippen LogP contribution in [-0.2, 0) is 22.9 Å². The highest BCUT2D eigenvalue weighted by atomic mass is 32.2. The summed E-state index contributed by atoms with van der Waals surface area (Å²) in [5.74, 6) is 0.0936. The lowest BCUT2D eigenvalue weighted by atomic mass is 10.2. The number of nitrogens with one attached hydrogen (secondary N) is 1. The first-order valence-electron chi connectivity index (χ1n) is 4.95. The summed E-state index contributed by atoms with van der Waals surface area (Å²) < 4.78 is 50.9. The molecule has 1 atom stereocenters. The van der Waals surface area contributed by atoms with Crippen molar-refractivity contribution < 1.29 is 17.4 Å². The van der Waals surface area contributed by atoms with Gasteiger partial charge in [-0.2, -0.15) is 13.2 Å². The smallest absolute Gasteiger partial charge is 0.260 e. The zero-order valence-corrected chi connectivity index (χ0v) is 10.2. The molecule has 0 aliphatic rings. The van der Waals surface area contributed by atoms with Crippen LogP contribution in [0.4, 0.5) is 13.2 Å². The van der Waals surface area contributed by atoms with Gasteiger partial charge in [0.1, 0.15) is 0 Å². The first-order chi connectivity index (χ1) is 7.79. The molecule has 1 N–H and O–H groups in total. The van der Waals surface area contributed by atoms with E-state index in [4.69, 9.17) is 0 Å². The maximum absolute atomic E-state index is 12.2. The normalized spacial score (nSPS) is 14.0. The topological polar surface area (TPSA) is 42.0 Å². The van der Waals surface area contributed by atoms with E-state index in [1.807, 2.05) is 13.8 Å². The molecule has 96 valence electrons. The maximum Gasteiger partial charge on any atom is 0.417 e. The number of rotatable bonds is 4. The Morgan fingerprint density at radius 3 is 2.47 bits per heavy atom. The van der Waals surface area contributed by atoms with E-state index >= 15 is 0 Å². The molecule has 3 nitrogen and oxygen atoms in total. The van der Waals surface area contributed by atoms with Gasteiger partial charge >= 0.3 is 6.18 Å². The highest BCUT2D eigenvalue weighted by molar-refractivity contribution is 7.82. The number of nitrogens with zero attached hydrogens (tertiary/aromatic N) is 1. The molecule has 0 spiro atoms. The Labute approximate surface area is 100 Å². The SMILES string of the molecule is CC(C)NS(=O)Cc1ccc(C(F)(F)F)cn1. The molecule has 1 rings (SSSR count). The van der Waals surface area contributed by atoms with E-state index in [0.717, 1.165) is 12.3 Å². The average Bonchev–Trinajstić information content (AvgIpc) is 2.15. The number of hydrogen-bond donors (Lipinski definition) is 1. The van der Waals surface area contributed by atoms with Gasteiger partial charge in [0.15, 0.2) is 0 Å². The van der Waals surface area contributed by atoms with E-state index in [-0.39, 0.29) is 11.8 Å². The molecule has 0 amide bonds. The third kappa shape index (κ3) is 4.82. The highest BCUT2D eigenvalue weighted by Gasteiger charge is 2.30. The van der Waals surface area contributed by atoms with Gasteiger partial charge < -0.3 is 0 Å². The molecular formula is C10H13F3N2OS. The van der Waals surface area contributed by atoms with Crippen molar-refractivity contribution >= 4 is 11.0 Å². The van der Waals surface area contributed by atoms with Gasteiger partial charge in [0.25, 0.3) is 0 Å². The summed E-state index contributed by atoms with van der Waals surface area (Å²) >= 11 is 0. The van der Waals surface area contributed by atoms with Gasteiger partial charge in [-0.3, -0.25) is 4.98 Å². The summed E-state index contributed by atoms with van der Waals surface area (Å²) in [6.45, 7) is 3.66. The first kappa shape index (κ1) is 14.1. The molecule has 7 heteroatoms. The zero-order chi connectivity index (χ0) is 13.1. The minimum Gasteiger partial charge on any atom is -0.260 e. The molecule has 1 heterocycles. The summed E-state index contributed by atoms with van der Waals surface area (Å²) in [7, 11) is -1.32. The van der Waals surface area contributed by atoms with Crippen molar-refractivity contribution in [2.45, 2.75) is 31.8 Å². The van der Waals surface area contributed by atoms with Crippen LogP contribution in [0.5, 0.6) is 0 Å². The zero-order valence-electron chi connectivity index (χ0n) is 9.41. The van der Waals surface area contributed by atoms with E-state index in [2.05, 4.69) is 9.71 Å². The Morgan fingerprint density at radius 1 is 1.41 bits per heavy atom. The van der Waals surface area contributed by atoms with Gasteiger partial charge in [-0.05, 0) is 26.0 Å². The van der Waals surface area contributed by atoms with Gasteiger partial charge in [0.2, 0.25) is 0 Å². The van der Waals surface area contributed by atoms with Crippen molar-refractivity contribution in [2.24, 2.45) is 0 Å². The van der Waals surface area contributed by atoms with Crippen LogP contribution < -0.4 is 4.72 Å². The van der Waals surface area contributed by atoms with Crippen molar-refractivity contribution in [1.29, 1.82) is 0 Å². The van der Waals surface area contributed by atoms with Crippen LogP contribution in [0.1, 0.15) is 25.1 Å². The number of aromatic nitrogens is 1. The maximum atomic E-state index is 12.2. The lowest BCUT2D eigenvalue weighted by Gasteiger charge is -2.08. The van der Waals surface area contributed by atoms with Crippen LogP contribution in [0.15, 0.2) is 18.3 Å². The van der Waals surface area contributed by atoms with Gasteiger partial charge in [-0.15, -0.1) is 0 Å². The van der Waals surface area contributed by atoms with Crippen molar-refractivity contribution in [1.82, 2.24) is 9.71 Å². The Bertz CT molecular complexity index is 390. The van der Waals surface area contributed by atoms with Crippen molar-refractivity contribution in [2.75, 3.05) is 0 Å². The van der Waals surface area contributed by atoms with E-state index in [1.165, 1.54) is 6.07 Å². The number of hydrogen-bond acceptors (Lipinski definition) is 2. The van der Waals surface area contributed by atoms with Crippen molar-refractivity contribution in [3.05, 3.63) is 29.6 Å². The van der Waals surface area contributed by atoms with Crippen LogP contribution in [-0.4, -0.2) is 15.2 Å². The van der Waals surface area contributed by atoms with Crippen LogP contribution >= 0.6 is 0 Å². The molecule has 0 saturated carbocycles. The van der Waals surface area contributed by atoms with Crippen LogP contribution in [0.2, 0.25) is 0 Å². The molecule has 0 bridgehead atoms. The largest absolute Gasteiger partial charge is 0.417 e. The van der Waals surface area contributed by atoms with E-state index in [1.54, 1.807) is 0 Å². The van der Waals surface area contributed by atoms with Crippen molar-refractivity contribution in [3.8, 4) is 0 Å². The van der Waals surface area contributed by atoms with Gasteiger partial charge in [0, 0.05) is 12.2 Å². The first-order valence-corrected chi connectivity index (χ1v) is 6.27. The molecular weight excluding hydrogens is 253 g/mol. The Kier molecular flexibility index (Phi) is 4.64. The molecule has 17 heavy (non-hydrogen) atoms. The number of alkyl halides is 3. The second-order valence-corrected chi connectivity index (χ2v) is 5.01. The Morgan fingerprint density at radius 2 is 2.06 bits per heavy atom. The molecule has 0 aliphatic carbocycles. The fraction of sp³-hybridized carbons (Fsp3) is 0.500. The summed E-state index contributed by atoms with van der Waals surface area (Å²) in [6.07, 6.45) is -3.64. The molecule has 0 radical (unpaired) electrons. The monoisotopic (exact) mass is 266 g/mol. The molecule has 0 saturated heterocycles. The predicted molar refractivity (Wildman–Crippen MR) is 59.4 cm³/mol. The number of halogens is 3. The standard InChI is InChI=1S/C10H13F3N2OS/c1-7(2)15-17(16)6-9-4-3-8(5-14-9)10(11,12)13/h3-5,7,15H,6H2,1-2H3. The summed E-state index contributed by atoms with van der Waals surface area (Å²) in [5, 5.41) is 0. The molecule has 0 aromatic carbocycles. The lowest BCUT2D eigenvalue weighted by molar-refractivity contribution is -0.137. The van der Waals surface area contributed by atoms with Crippen LogP contribution in [0, 0.1) is 0 Å². The third-order valence-electron chi connectivity index (χ3n) is 1.80. The molecule has 0 aliphatic heterocycles. The Balaban J connectivity index is 2.66. The minimum absolute atomic E-state index is 0.0466. The second kappa shape index (κ2) is 5.59. The summed E-state index contributed by atoms with van der Waals surface area (Å²) in [4.78, 5) is 3.64. The quantitative estimate of drug-likeness (QED) is 0.908. The highest BCUT2D eigenvalue weighted by Crippen LogP contribution is 2.28.